The first kappa shape index (κ1) is 18.8. The highest BCUT2D eigenvalue weighted by Gasteiger charge is 2.11. The van der Waals surface area contributed by atoms with Gasteiger partial charge in [0.05, 0.1) is 6.61 Å². The minimum atomic E-state index is 0. The van der Waals surface area contributed by atoms with Crippen LogP contribution in [0.25, 0.3) is 0 Å². The van der Waals surface area contributed by atoms with E-state index < -0.39 is 0 Å². The summed E-state index contributed by atoms with van der Waals surface area (Å²) in [5, 5.41) is 6.80. The second-order valence-corrected chi connectivity index (χ2v) is 5.24. The van der Waals surface area contributed by atoms with Gasteiger partial charge in [-0.15, -0.1) is 24.0 Å². The van der Waals surface area contributed by atoms with Crippen LogP contribution in [0.1, 0.15) is 30.9 Å². The third kappa shape index (κ3) is 5.51. The molecule has 0 heterocycles. The fraction of sp³-hybridized carbons (Fsp3) is 0.471. The van der Waals surface area contributed by atoms with E-state index in [1.165, 1.54) is 11.1 Å². The molecule has 0 radical (unpaired) electrons. The van der Waals surface area contributed by atoms with Crippen molar-refractivity contribution < 1.29 is 4.74 Å². The first-order valence-corrected chi connectivity index (χ1v) is 7.57. The van der Waals surface area contributed by atoms with Crippen LogP contribution < -0.4 is 15.4 Å². The third-order valence-corrected chi connectivity index (χ3v) is 3.57. The maximum atomic E-state index is 5.56. The molecule has 1 aromatic rings. The Balaban J connectivity index is 0.00000242. The summed E-state index contributed by atoms with van der Waals surface area (Å²) in [6, 6.07) is 6.75. The zero-order chi connectivity index (χ0) is 15.1. The molecule has 0 atom stereocenters. The normalized spacial score (nSPS) is 14.6. The van der Waals surface area contributed by atoms with Crippen LogP contribution in [0.15, 0.2) is 35.3 Å². The number of rotatable bonds is 5. The number of nitrogens with zero attached hydrogens (tertiary/aromatic N) is 1. The molecular weight excluding hydrogens is 389 g/mol. The highest BCUT2D eigenvalue weighted by molar-refractivity contribution is 14.0. The van der Waals surface area contributed by atoms with Gasteiger partial charge in [-0.3, -0.25) is 4.99 Å². The summed E-state index contributed by atoms with van der Waals surface area (Å²) in [6.45, 7) is 5.53. The van der Waals surface area contributed by atoms with Gasteiger partial charge in [-0.25, -0.2) is 0 Å². The van der Waals surface area contributed by atoms with Crippen molar-refractivity contribution in [3.05, 3.63) is 41.5 Å². The number of nitrogens with one attached hydrogen (secondary N) is 2. The molecule has 2 N–H and O–H groups in total. The van der Waals surface area contributed by atoms with Gasteiger partial charge in [0.1, 0.15) is 5.75 Å². The number of benzene rings is 1. The lowest BCUT2D eigenvalue weighted by Gasteiger charge is -2.17. The minimum absolute atomic E-state index is 0. The summed E-state index contributed by atoms with van der Waals surface area (Å²) in [6.07, 6.45) is 6.56. The summed E-state index contributed by atoms with van der Waals surface area (Å²) < 4.78 is 5.56. The van der Waals surface area contributed by atoms with Crippen LogP contribution in [0.2, 0.25) is 0 Å². The molecule has 122 valence electrons. The first-order chi connectivity index (χ1) is 10.2. The van der Waals surface area contributed by atoms with Crippen LogP contribution in [0.5, 0.6) is 5.75 Å². The number of hydrogen-bond acceptors (Lipinski definition) is 2. The van der Waals surface area contributed by atoms with Crippen molar-refractivity contribution in [2.75, 3.05) is 13.7 Å². The average molecular weight is 415 g/mol. The Kier molecular flexibility index (Phi) is 8.30. The standard InChI is InChI=1S/C17H25N3O.HI/c1-4-21-16-10-9-14(11-13(16)2)12-19-17(18-3)20-15-7-5-6-8-15;/h5-6,9-11,15H,4,7-8,12H2,1-3H3,(H2,18,19,20);1H. The fourth-order valence-corrected chi connectivity index (χ4v) is 2.45. The monoisotopic (exact) mass is 415 g/mol. The summed E-state index contributed by atoms with van der Waals surface area (Å²) in [5.74, 6) is 1.82. The Morgan fingerprint density at radius 3 is 2.64 bits per heavy atom. The number of halogens is 1. The van der Waals surface area contributed by atoms with E-state index in [1.54, 1.807) is 7.05 Å². The molecule has 0 saturated heterocycles. The predicted octanol–water partition coefficient (Wildman–Crippen LogP) is 3.40. The van der Waals surface area contributed by atoms with Gasteiger partial charge in [0.25, 0.3) is 0 Å². The van der Waals surface area contributed by atoms with Crippen molar-refractivity contribution >= 4 is 29.9 Å². The van der Waals surface area contributed by atoms with Gasteiger partial charge in [0.15, 0.2) is 5.96 Å². The number of aryl methyl sites for hydroxylation is 1. The topological polar surface area (TPSA) is 45.6 Å². The quantitative estimate of drug-likeness (QED) is 0.336. The van der Waals surface area contributed by atoms with Crippen molar-refractivity contribution in [3.8, 4) is 5.75 Å². The second-order valence-electron chi connectivity index (χ2n) is 5.24. The van der Waals surface area contributed by atoms with Crippen molar-refractivity contribution in [3.63, 3.8) is 0 Å². The molecule has 1 aromatic carbocycles. The molecule has 0 unspecified atom stereocenters. The van der Waals surface area contributed by atoms with E-state index in [1.807, 2.05) is 13.0 Å². The van der Waals surface area contributed by atoms with Gasteiger partial charge in [0.2, 0.25) is 0 Å². The van der Waals surface area contributed by atoms with Crippen molar-refractivity contribution in [2.24, 2.45) is 4.99 Å². The van der Waals surface area contributed by atoms with Crippen molar-refractivity contribution in [1.82, 2.24) is 10.6 Å². The predicted molar refractivity (Wildman–Crippen MR) is 103 cm³/mol. The van der Waals surface area contributed by atoms with Gasteiger partial charge in [0, 0.05) is 19.6 Å². The van der Waals surface area contributed by atoms with E-state index in [2.05, 4.69) is 46.8 Å². The van der Waals surface area contributed by atoms with Crippen LogP contribution in [0.3, 0.4) is 0 Å². The minimum Gasteiger partial charge on any atom is -0.494 e. The molecule has 5 heteroatoms. The van der Waals surface area contributed by atoms with Crippen LogP contribution >= 0.6 is 24.0 Å². The number of guanidine groups is 1. The molecule has 0 amide bonds. The van der Waals surface area contributed by atoms with Gasteiger partial charge >= 0.3 is 0 Å². The summed E-state index contributed by atoms with van der Waals surface area (Å²) >= 11 is 0. The SMILES string of the molecule is CCOc1ccc(CNC(=NC)NC2CC=CC2)cc1C.I. The van der Waals surface area contributed by atoms with E-state index in [0.717, 1.165) is 31.1 Å². The lowest BCUT2D eigenvalue weighted by molar-refractivity contribution is 0.338. The molecule has 1 aliphatic carbocycles. The van der Waals surface area contributed by atoms with E-state index >= 15 is 0 Å². The highest BCUT2D eigenvalue weighted by atomic mass is 127. The van der Waals surface area contributed by atoms with Crippen LogP contribution in [-0.4, -0.2) is 25.7 Å². The van der Waals surface area contributed by atoms with Crippen molar-refractivity contribution in [1.29, 1.82) is 0 Å². The summed E-state index contributed by atoms with van der Waals surface area (Å²) in [5.41, 5.74) is 2.39. The average Bonchev–Trinajstić information content (AvgIpc) is 2.99. The third-order valence-electron chi connectivity index (χ3n) is 3.57. The van der Waals surface area contributed by atoms with Gasteiger partial charge < -0.3 is 15.4 Å². The van der Waals surface area contributed by atoms with Gasteiger partial charge in [-0.2, -0.15) is 0 Å². The molecule has 22 heavy (non-hydrogen) atoms. The molecule has 2 rings (SSSR count). The smallest absolute Gasteiger partial charge is 0.191 e. The summed E-state index contributed by atoms with van der Waals surface area (Å²) in [4.78, 5) is 4.28. The molecule has 0 spiro atoms. The lowest BCUT2D eigenvalue weighted by atomic mass is 10.1. The Morgan fingerprint density at radius 1 is 1.32 bits per heavy atom. The zero-order valence-electron chi connectivity index (χ0n) is 13.6. The maximum absolute atomic E-state index is 5.56. The molecule has 0 aromatic heterocycles. The van der Waals surface area contributed by atoms with E-state index in [4.69, 9.17) is 4.74 Å². The van der Waals surface area contributed by atoms with E-state index in [-0.39, 0.29) is 24.0 Å². The van der Waals surface area contributed by atoms with E-state index in [0.29, 0.717) is 12.6 Å². The number of aliphatic imine (C=N–C) groups is 1. The molecule has 0 fully saturated rings. The largest absolute Gasteiger partial charge is 0.494 e. The Bertz CT molecular complexity index is 521. The van der Waals surface area contributed by atoms with Crippen LogP contribution in [0, 0.1) is 6.92 Å². The molecule has 0 aliphatic heterocycles. The zero-order valence-corrected chi connectivity index (χ0v) is 15.9. The molecule has 0 bridgehead atoms. The number of ether oxygens (including phenoxy) is 1. The molecule has 4 nitrogen and oxygen atoms in total. The molecule has 1 aliphatic rings. The van der Waals surface area contributed by atoms with Crippen molar-refractivity contribution in [2.45, 2.75) is 39.3 Å². The van der Waals surface area contributed by atoms with Gasteiger partial charge in [-0.1, -0.05) is 24.3 Å². The van der Waals surface area contributed by atoms with Crippen LogP contribution in [0.4, 0.5) is 0 Å². The first-order valence-electron chi connectivity index (χ1n) is 7.57. The summed E-state index contributed by atoms with van der Waals surface area (Å²) in [7, 11) is 1.81. The van der Waals surface area contributed by atoms with Gasteiger partial charge in [-0.05, 0) is 43.9 Å². The molecule has 0 saturated carbocycles. The van der Waals surface area contributed by atoms with E-state index in [9.17, 15) is 0 Å². The maximum Gasteiger partial charge on any atom is 0.191 e. The highest BCUT2D eigenvalue weighted by Crippen LogP contribution is 2.19. The van der Waals surface area contributed by atoms with Crippen LogP contribution in [-0.2, 0) is 6.54 Å². The lowest BCUT2D eigenvalue weighted by Crippen LogP contribution is -2.42. The molecular formula is C17H26IN3O. The fourth-order valence-electron chi connectivity index (χ4n) is 2.45. The Hall–Kier alpha value is -1.24. The number of hydrogen-bond donors (Lipinski definition) is 2. The second kappa shape index (κ2) is 9.71. The Labute approximate surface area is 150 Å². The Morgan fingerprint density at radius 2 is 2.05 bits per heavy atom.